The number of rotatable bonds is 3. The molecule has 1 fully saturated rings. The number of piperazine rings is 1. The highest BCUT2D eigenvalue weighted by Gasteiger charge is 2.29. The van der Waals surface area contributed by atoms with Gasteiger partial charge in [-0.3, -0.25) is 0 Å². The summed E-state index contributed by atoms with van der Waals surface area (Å²) >= 11 is 0. The van der Waals surface area contributed by atoms with Crippen LogP contribution in [0.15, 0.2) is 70.2 Å². The summed E-state index contributed by atoms with van der Waals surface area (Å²) in [5.41, 5.74) is 4.29. The minimum Gasteiger partial charge on any atom is -0.352 e. The molecule has 0 aromatic carbocycles. The van der Waals surface area contributed by atoms with E-state index >= 15 is 0 Å². The number of likely N-dealkylation sites (N-methyl/N-ethyl adjacent to an activating group) is 1. The second kappa shape index (κ2) is 9.00. The molecule has 1 aliphatic carbocycles. The van der Waals surface area contributed by atoms with Crippen molar-refractivity contribution in [2.24, 2.45) is 10.1 Å². The molecule has 1 saturated heterocycles. The van der Waals surface area contributed by atoms with E-state index in [1.54, 1.807) is 6.08 Å². The summed E-state index contributed by atoms with van der Waals surface area (Å²) < 4.78 is 0. The molecule has 5 heteroatoms. The average molecular weight is 366 g/mol. The van der Waals surface area contributed by atoms with Gasteiger partial charge in [-0.1, -0.05) is 30.9 Å². The highest BCUT2D eigenvalue weighted by atomic mass is 15.5. The first-order valence-corrected chi connectivity index (χ1v) is 9.86. The third-order valence-electron chi connectivity index (χ3n) is 5.20. The van der Waals surface area contributed by atoms with E-state index in [1.807, 2.05) is 13.1 Å². The van der Waals surface area contributed by atoms with Crippen molar-refractivity contribution < 1.29 is 0 Å². The number of amidine groups is 1. The Balaban J connectivity index is 2.00. The number of nitrogens with zero attached hydrogens (tertiary/aromatic N) is 5. The van der Waals surface area contributed by atoms with Gasteiger partial charge < -0.3 is 9.80 Å². The van der Waals surface area contributed by atoms with Crippen molar-refractivity contribution in [2.45, 2.75) is 33.1 Å². The van der Waals surface area contributed by atoms with Crippen molar-refractivity contribution in [2.75, 3.05) is 33.2 Å². The van der Waals surface area contributed by atoms with Crippen LogP contribution in [0.25, 0.3) is 0 Å². The molecular formula is C22H31N5. The Bertz CT molecular complexity index is 743. The van der Waals surface area contributed by atoms with Crippen molar-refractivity contribution in [1.29, 1.82) is 0 Å². The van der Waals surface area contributed by atoms with Crippen molar-refractivity contribution in [3.05, 3.63) is 60.1 Å². The van der Waals surface area contributed by atoms with Gasteiger partial charge in [-0.2, -0.15) is 5.10 Å². The summed E-state index contributed by atoms with van der Waals surface area (Å²) in [4.78, 5) is 9.62. The van der Waals surface area contributed by atoms with Crippen LogP contribution in [-0.4, -0.2) is 59.6 Å². The van der Waals surface area contributed by atoms with Crippen LogP contribution in [0.3, 0.4) is 0 Å². The topological polar surface area (TPSA) is 34.4 Å². The van der Waals surface area contributed by atoms with E-state index in [0.29, 0.717) is 0 Å². The number of allylic oxidation sites excluding steroid dienone is 6. The first-order chi connectivity index (χ1) is 13.1. The van der Waals surface area contributed by atoms with Gasteiger partial charge in [-0.25, -0.2) is 10.0 Å². The normalized spacial score (nSPS) is 23.7. The molecule has 0 aromatic heterocycles. The predicted molar refractivity (Wildman–Crippen MR) is 115 cm³/mol. The number of hydrogen-bond donors (Lipinski definition) is 0. The average Bonchev–Trinajstić information content (AvgIpc) is 2.97. The van der Waals surface area contributed by atoms with E-state index < -0.39 is 0 Å². The maximum Gasteiger partial charge on any atom is 0.154 e. The highest BCUT2D eigenvalue weighted by Crippen LogP contribution is 2.31. The fourth-order valence-electron chi connectivity index (χ4n) is 3.49. The quantitative estimate of drug-likeness (QED) is 0.711. The lowest BCUT2D eigenvalue weighted by atomic mass is 10.1. The third-order valence-corrected chi connectivity index (χ3v) is 5.20. The van der Waals surface area contributed by atoms with Crippen LogP contribution >= 0.6 is 0 Å². The molecule has 0 spiro atoms. The van der Waals surface area contributed by atoms with Gasteiger partial charge in [-0.05, 0) is 51.8 Å². The van der Waals surface area contributed by atoms with E-state index in [1.165, 1.54) is 5.57 Å². The van der Waals surface area contributed by atoms with Crippen LogP contribution in [0.4, 0.5) is 0 Å². The van der Waals surface area contributed by atoms with Crippen LogP contribution in [-0.2, 0) is 0 Å². The Morgan fingerprint density at radius 3 is 2.74 bits per heavy atom. The molecule has 0 amide bonds. The number of hydrogen-bond acceptors (Lipinski definition) is 5. The number of hydrazone groups is 1. The standard InChI is InChI=1S/C22H31N5/c1-5-18(3)24-27-20(6-2)22(26-15-13-25(4)14-16-26)23-17-21(27)19-11-9-7-8-10-12-19/h5-7,9,11,17H,1,8,10,12-16H2,2-4H3/b20-6-,24-18-. The van der Waals surface area contributed by atoms with Crippen LogP contribution in [0, 0.1) is 0 Å². The van der Waals surface area contributed by atoms with Gasteiger partial charge in [0.2, 0.25) is 0 Å². The van der Waals surface area contributed by atoms with Gasteiger partial charge in [0.1, 0.15) is 5.70 Å². The van der Waals surface area contributed by atoms with Crippen molar-refractivity contribution in [3.8, 4) is 0 Å². The SMILES string of the molecule is C=C/C(C)=N\N1C(C2=CC=CCCC2)=CN=C(N2CCN(C)CC2)/C1=C/C. The maximum atomic E-state index is 4.89. The molecule has 0 aromatic rings. The molecule has 0 bridgehead atoms. The predicted octanol–water partition coefficient (Wildman–Crippen LogP) is 3.92. The van der Waals surface area contributed by atoms with Crippen molar-refractivity contribution in [1.82, 2.24) is 14.8 Å². The fourth-order valence-corrected chi connectivity index (χ4v) is 3.49. The second-order valence-electron chi connectivity index (χ2n) is 7.20. The molecule has 3 rings (SSSR count). The van der Waals surface area contributed by atoms with Gasteiger partial charge in [-0.15, -0.1) is 0 Å². The molecule has 2 heterocycles. The van der Waals surface area contributed by atoms with E-state index in [4.69, 9.17) is 10.1 Å². The molecule has 144 valence electrons. The zero-order valence-corrected chi connectivity index (χ0v) is 16.9. The molecule has 0 radical (unpaired) electrons. The molecule has 5 nitrogen and oxygen atoms in total. The van der Waals surface area contributed by atoms with Crippen LogP contribution in [0.2, 0.25) is 0 Å². The van der Waals surface area contributed by atoms with E-state index in [9.17, 15) is 0 Å². The minimum absolute atomic E-state index is 0.893. The highest BCUT2D eigenvalue weighted by molar-refractivity contribution is 6.00. The Hall–Kier alpha value is -2.40. The minimum atomic E-state index is 0.893. The van der Waals surface area contributed by atoms with E-state index in [-0.39, 0.29) is 0 Å². The summed E-state index contributed by atoms with van der Waals surface area (Å²) in [6.45, 7) is 12.0. The second-order valence-corrected chi connectivity index (χ2v) is 7.20. The summed E-state index contributed by atoms with van der Waals surface area (Å²) in [5, 5.41) is 6.92. The zero-order chi connectivity index (χ0) is 19.2. The van der Waals surface area contributed by atoms with E-state index in [2.05, 4.69) is 59.7 Å². The summed E-state index contributed by atoms with van der Waals surface area (Å²) in [7, 11) is 2.17. The third kappa shape index (κ3) is 4.48. The molecule has 3 aliphatic rings. The Kier molecular flexibility index (Phi) is 6.45. The smallest absolute Gasteiger partial charge is 0.154 e. The zero-order valence-electron chi connectivity index (χ0n) is 16.9. The van der Waals surface area contributed by atoms with Gasteiger partial charge in [0, 0.05) is 26.2 Å². The lowest BCUT2D eigenvalue weighted by Gasteiger charge is -2.39. The van der Waals surface area contributed by atoms with Crippen molar-refractivity contribution in [3.63, 3.8) is 0 Å². The first-order valence-electron chi connectivity index (χ1n) is 9.86. The summed E-state index contributed by atoms with van der Waals surface area (Å²) in [6, 6.07) is 0. The van der Waals surface area contributed by atoms with Gasteiger partial charge in [0.25, 0.3) is 0 Å². The monoisotopic (exact) mass is 365 g/mol. The van der Waals surface area contributed by atoms with Crippen LogP contribution < -0.4 is 0 Å². The molecule has 0 unspecified atom stereocenters. The molecule has 27 heavy (non-hydrogen) atoms. The van der Waals surface area contributed by atoms with Gasteiger partial charge in [0.15, 0.2) is 5.84 Å². The van der Waals surface area contributed by atoms with Crippen molar-refractivity contribution >= 4 is 11.5 Å². The van der Waals surface area contributed by atoms with Gasteiger partial charge in [0.05, 0.1) is 17.6 Å². The molecular weight excluding hydrogens is 334 g/mol. The Morgan fingerprint density at radius 1 is 1.26 bits per heavy atom. The summed E-state index contributed by atoms with van der Waals surface area (Å²) in [5.74, 6) is 1.01. The summed E-state index contributed by atoms with van der Waals surface area (Å²) in [6.07, 6.45) is 15.8. The maximum absolute atomic E-state index is 4.89. The van der Waals surface area contributed by atoms with Gasteiger partial charge >= 0.3 is 0 Å². The molecule has 2 aliphatic heterocycles. The molecule has 0 saturated carbocycles. The first kappa shape index (κ1) is 19.4. The molecule has 0 atom stereocenters. The number of aliphatic imine (C=N–C) groups is 1. The Morgan fingerprint density at radius 2 is 2.04 bits per heavy atom. The lowest BCUT2D eigenvalue weighted by molar-refractivity contribution is 0.213. The van der Waals surface area contributed by atoms with E-state index in [0.717, 1.165) is 68.4 Å². The molecule has 0 N–H and O–H groups in total. The lowest BCUT2D eigenvalue weighted by Crippen LogP contribution is -2.49. The van der Waals surface area contributed by atoms with Crippen LogP contribution in [0.5, 0.6) is 0 Å². The van der Waals surface area contributed by atoms with Crippen LogP contribution in [0.1, 0.15) is 33.1 Å². The largest absolute Gasteiger partial charge is 0.352 e. The Labute approximate surface area is 163 Å². The fraction of sp³-hybridized carbons (Fsp3) is 0.455.